The quantitative estimate of drug-likeness (QED) is 0.462. The molecule has 0 radical (unpaired) electrons. The number of nitrogens with one attached hydrogen (secondary N) is 2. The van der Waals surface area contributed by atoms with E-state index in [-0.39, 0.29) is 24.0 Å². The molecule has 1 aromatic heterocycles. The van der Waals surface area contributed by atoms with Crippen LogP contribution in [0.5, 0.6) is 0 Å². The van der Waals surface area contributed by atoms with Crippen molar-refractivity contribution in [1.29, 1.82) is 0 Å². The third-order valence-corrected chi connectivity index (χ3v) is 3.01. The van der Waals surface area contributed by atoms with Crippen molar-refractivity contribution < 1.29 is 4.42 Å². The largest absolute Gasteiger partial charge is 0.469 e. The maximum atomic E-state index is 5.29. The summed E-state index contributed by atoms with van der Waals surface area (Å²) in [6, 6.07) is 12.3. The van der Waals surface area contributed by atoms with E-state index in [1.807, 2.05) is 12.1 Å². The zero-order chi connectivity index (χ0) is 14.2. The molecule has 0 spiro atoms. The minimum atomic E-state index is 0. The van der Waals surface area contributed by atoms with Gasteiger partial charge < -0.3 is 15.1 Å². The minimum absolute atomic E-state index is 0. The number of aryl methyl sites for hydroxylation is 1. The average molecular weight is 399 g/mol. The standard InChI is InChI=1S/C16H21N3O.HI/c1-13-5-3-6-14(11-13)12-19-16(17-2)18-9-8-15-7-4-10-20-15;/h3-7,10-11H,8-9,12H2,1-2H3,(H2,17,18,19);1H. The number of aliphatic imine (C=N–C) groups is 1. The highest BCUT2D eigenvalue weighted by atomic mass is 127. The summed E-state index contributed by atoms with van der Waals surface area (Å²) in [5, 5.41) is 6.57. The van der Waals surface area contributed by atoms with Gasteiger partial charge in [0, 0.05) is 26.6 Å². The Bertz CT molecular complexity index is 552. The van der Waals surface area contributed by atoms with E-state index in [9.17, 15) is 0 Å². The lowest BCUT2D eigenvalue weighted by Crippen LogP contribution is -2.37. The Labute approximate surface area is 143 Å². The third kappa shape index (κ3) is 6.20. The summed E-state index contributed by atoms with van der Waals surface area (Å²) in [4.78, 5) is 4.21. The summed E-state index contributed by atoms with van der Waals surface area (Å²) in [5.74, 6) is 1.78. The molecule has 0 aliphatic carbocycles. The SMILES string of the molecule is CN=C(NCCc1ccco1)NCc1cccc(C)c1.I. The maximum Gasteiger partial charge on any atom is 0.191 e. The molecular formula is C16H22IN3O. The second kappa shape index (κ2) is 9.44. The molecule has 4 nitrogen and oxygen atoms in total. The van der Waals surface area contributed by atoms with E-state index in [1.54, 1.807) is 13.3 Å². The lowest BCUT2D eigenvalue weighted by molar-refractivity contribution is 0.507. The van der Waals surface area contributed by atoms with Gasteiger partial charge in [0.2, 0.25) is 0 Å². The minimum Gasteiger partial charge on any atom is -0.469 e. The second-order valence-electron chi connectivity index (χ2n) is 4.67. The first kappa shape index (κ1) is 17.6. The monoisotopic (exact) mass is 399 g/mol. The number of furan rings is 1. The van der Waals surface area contributed by atoms with Crippen LogP contribution in [-0.2, 0) is 13.0 Å². The Morgan fingerprint density at radius 1 is 1.19 bits per heavy atom. The van der Waals surface area contributed by atoms with Crippen LogP contribution in [0, 0.1) is 6.92 Å². The molecule has 21 heavy (non-hydrogen) atoms. The fourth-order valence-corrected chi connectivity index (χ4v) is 1.99. The highest BCUT2D eigenvalue weighted by Gasteiger charge is 2.00. The Morgan fingerprint density at radius 2 is 2.05 bits per heavy atom. The number of guanidine groups is 1. The molecule has 0 atom stereocenters. The predicted octanol–water partition coefficient (Wildman–Crippen LogP) is 3.11. The van der Waals surface area contributed by atoms with Crippen molar-refractivity contribution in [2.75, 3.05) is 13.6 Å². The first-order valence-corrected chi connectivity index (χ1v) is 6.80. The van der Waals surface area contributed by atoms with Gasteiger partial charge >= 0.3 is 0 Å². The van der Waals surface area contributed by atoms with Crippen LogP contribution in [0.4, 0.5) is 0 Å². The highest BCUT2D eigenvalue weighted by Crippen LogP contribution is 2.03. The summed E-state index contributed by atoms with van der Waals surface area (Å²) in [6.07, 6.45) is 2.54. The molecule has 0 fully saturated rings. The number of hydrogen-bond donors (Lipinski definition) is 2. The number of nitrogens with zero attached hydrogens (tertiary/aromatic N) is 1. The molecule has 114 valence electrons. The molecule has 2 rings (SSSR count). The van der Waals surface area contributed by atoms with Gasteiger partial charge in [0.25, 0.3) is 0 Å². The van der Waals surface area contributed by atoms with Gasteiger partial charge in [-0.05, 0) is 24.6 Å². The Balaban J connectivity index is 0.00000220. The van der Waals surface area contributed by atoms with Crippen LogP contribution in [0.3, 0.4) is 0 Å². The summed E-state index contributed by atoms with van der Waals surface area (Å²) in [7, 11) is 1.78. The molecule has 0 saturated carbocycles. The van der Waals surface area contributed by atoms with Gasteiger partial charge in [-0.3, -0.25) is 4.99 Å². The van der Waals surface area contributed by atoms with Gasteiger partial charge in [0.1, 0.15) is 5.76 Å². The molecule has 0 saturated heterocycles. The van der Waals surface area contributed by atoms with Crippen molar-refractivity contribution in [3.63, 3.8) is 0 Å². The fraction of sp³-hybridized carbons (Fsp3) is 0.312. The van der Waals surface area contributed by atoms with Gasteiger partial charge in [-0.1, -0.05) is 29.8 Å². The molecule has 1 aromatic carbocycles. The molecule has 0 bridgehead atoms. The molecule has 0 aliphatic rings. The molecule has 0 amide bonds. The number of hydrogen-bond acceptors (Lipinski definition) is 2. The van der Waals surface area contributed by atoms with E-state index in [0.29, 0.717) is 0 Å². The summed E-state index contributed by atoms with van der Waals surface area (Å²) >= 11 is 0. The first-order chi connectivity index (χ1) is 9.78. The smallest absolute Gasteiger partial charge is 0.191 e. The van der Waals surface area contributed by atoms with Gasteiger partial charge in [0.05, 0.1) is 6.26 Å². The van der Waals surface area contributed by atoms with E-state index in [1.165, 1.54) is 11.1 Å². The summed E-state index contributed by atoms with van der Waals surface area (Å²) in [6.45, 7) is 3.66. The third-order valence-electron chi connectivity index (χ3n) is 3.01. The van der Waals surface area contributed by atoms with Crippen LogP contribution < -0.4 is 10.6 Å². The Hall–Kier alpha value is -1.50. The van der Waals surface area contributed by atoms with Gasteiger partial charge in [-0.25, -0.2) is 0 Å². The normalized spacial score (nSPS) is 10.9. The lowest BCUT2D eigenvalue weighted by Gasteiger charge is -2.11. The lowest BCUT2D eigenvalue weighted by atomic mass is 10.1. The topological polar surface area (TPSA) is 49.6 Å². The number of benzene rings is 1. The molecule has 2 aromatic rings. The van der Waals surface area contributed by atoms with Crippen LogP contribution in [0.15, 0.2) is 52.1 Å². The van der Waals surface area contributed by atoms with Gasteiger partial charge in [0.15, 0.2) is 5.96 Å². The molecule has 0 unspecified atom stereocenters. The van der Waals surface area contributed by atoms with Crippen molar-refractivity contribution in [2.45, 2.75) is 19.9 Å². The Morgan fingerprint density at radius 3 is 2.71 bits per heavy atom. The average Bonchev–Trinajstić information content (AvgIpc) is 2.96. The summed E-state index contributed by atoms with van der Waals surface area (Å²) in [5.41, 5.74) is 2.52. The van der Waals surface area contributed by atoms with Crippen molar-refractivity contribution in [3.05, 3.63) is 59.5 Å². The number of rotatable bonds is 5. The molecule has 5 heteroatoms. The van der Waals surface area contributed by atoms with E-state index < -0.39 is 0 Å². The fourth-order valence-electron chi connectivity index (χ4n) is 1.99. The molecule has 2 N–H and O–H groups in total. The predicted molar refractivity (Wildman–Crippen MR) is 97.2 cm³/mol. The van der Waals surface area contributed by atoms with Crippen molar-refractivity contribution in [3.8, 4) is 0 Å². The van der Waals surface area contributed by atoms with Crippen LogP contribution >= 0.6 is 24.0 Å². The van der Waals surface area contributed by atoms with E-state index in [0.717, 1.165) is 31.2 Å². The van der Waals surface area contributed by atoms with Crippen LogP contribution in [0.2, 0.25) is 0 Å². The molecular weight excluding hydrogens is 377 g/mol. The van der Waals surface area contributed by atoms with Gasteiger partial charge in [-0.15, -0.1) is 24.0 Å². The van der Waals surface area contributed by atoms with Crippen molar-refractivity contribution >= 4 is 29.9 Å². The molecule has 1 heterocycles. The van der Waals surface area contributed by atoms with Crippen LogP contribution in [0.1, 0.15) is 16.9 Å². The zero-order valence-corrected chi connectivity index (χ0v) is 14.8. The molecule has 0 aliphatic heterocycles. The van der Waals surface area contributed by atoms with Crippen LogP contribution in [-0.4, -0.2) is 19.6 Å². The Kier molecular flexibility index (Phi) is 7.89. The van der Waals surface area contributed by atoms with E-state index in [4.69, 9.17) is 4.42 Å². The van der Waals surface area contributed by atoms with E-state index >= 15 is 0 Å². The van der Waals surface area contributed by atoms with Crippen molar-refractivity contribution in [2.24, 2.45) is 4.99 Å². The van der Waals surface area contributed by atoms with E-state index in [2.05, 4.69) is 46.8 Å². The summed E-state index contributed by atoms with van der Waals surface area (Å²) < 4.78 is 5.29. The zero-order valence-electron chi connectivity index (χ0n) is 12.4. The second-order valence-corrected chi connectivity index (χ2v) is 4.67. The van der Waals surface area contributed by atoms with Crippen molar-refractivity contribution in [1.82, 2.24) is 10.6 Å². The van der Waals surface area contributed by atoms with Gasteiger partial charge in [-0.2, -0.15) is 0 Å². The number of halogens is 1. The highest BCUT2D eigenvalue weighted by molar-refractivity contribution is 14.0. The first-order valence-electron chi connectivity index (χ1n) is 6.80. The maximum absolute atomic E-state index is 5.29. The van der Waals surface area contributed by atoms with Crippen LogP contribution in [0.25, 0.3) is 0 Å².